The molecule has 0 amide bonds. The topological polar surface area (TPSA) is 107 Å². The summed E-state index contributed by atoms with van der Waals surface area (Å²) in [5.41, 5.74) is 9.03. The van der Waals surface area contributed by atoms with Crippen LogP contribution in [0.3, 0.4) is 0 Å². The predicted molar refractivity (Wildman–Crippen MR) is 108 cm³/mol. The van der Waals surface area contributed by atoms with Crippen molar-refractivity contribution in [3.63, 3.8) is 0 Å². The van der Waals surface area contributed by atoms with Gasteiger partial charge in [-0.15, -0.1) is 0 Å². The molecular weight excluding hydrogens is 370 g/mol. The number of nitriles is 1. The van der Waals surface area contributed by atoms with Gasteiger partial charge in [0.05, 0.1) is 31.1 Å². The fraction of sp³-hybridized carbons (Fsp3) is 0.636. The molecule has 0 saturated heterocycles. The first-order valence-electron chi connectivity index (χ1n) is 10.5. The van der Waals surface area contributed by atoms with E-state index in [2.05, 4.69) is 11.5 Å². The fourth-order valence-corrected chi connectivity index (χ4v) is 4.39. The van der Waals surface area contributed by atoms with E-state index in [1.54, 1.807) is 7.11 Å². The lowest BCUT2D eigenvalue weighted by Gasteiger charge is -2.32. The second-order valence-corrected chi connectivity index (χ2v) is 7.89. The minimum absolute atomic E-state index is 0.0675. The van der Waals surface area contributed by atoms with Crippen LogP contribution < -0.4 is 20.7 Å². The number of rotatable bonds is 8. The summed E-state index contributed by atoms with van der Waals surface area (Å²) in [7, 11) is 1.64. The number of hydroxylamine groups is 1. The smallest absolute Gasteiger partial charge is 0.327 e. The Labute approximate surface area is 172 Å². The predicted octanol–water partition coefficient (Wildman–Crippen LogP) is 3.05. The van der Waals surface area contributed by atoms with Gasteiger partial charge in [0.25, 0.3) is 0 Å². The van der Waals surface area contributed by atoms with Gasteiger partial charge in [0, 0.05) is 13.1 Å². The van der Waals surface area contributed by atoms with Crippen LogP contribution in [0.15, 0.2) is 18.2 Å². The monoisotopic (exact) mass is 401 g/mol. The van der Waals surface area contributed by atoms with E-state index >= 15 is 0 Å². The molecule has 0 spiro atoms. The van der Waals surface area contributed by atoms with Crippen LogP contribution in [0.1, 0.15) is 56.4 Å². The highest BCUT2D eigenvalue weighted by atomic mass is 16.7. The second kappa shape index (κ2) is 10.5. The zero-order valence-corrected chi connectivity index (χ0v) is 17.1. The molecule has 158 valence electrons. The summed E-state index contributed by atoms with van der Waals surface area (Å²) in [4.78, 5) is 17.3. The summed E-state index contributed by atoms with van der Waals surface area (Å²) in [6.07, 6.45) is 6.71. The number of methoxy groups -OCH3 is 1. The summed E-state index contributed by atoms with van der Waals surface area (Å²) in [6, 6.07) is 8.36. The van der Waals surface area contributed by atoms with Crippen molar-refractivity contribution in [2.24, 2.45) is 17.6 Å². The molecule has 2 fully saturated rings. The summed E-state index contributed by atoms with van der Waals surface area (Å²) < 4.78 is 11.7. The van der Waals surface area contributed by atoms with E-state index < -0.39 is 0 Å². The molecule has 3 unspecified atom stereocenters. The van der Waals surface area contributed by atoms with Crippen molar-refractivity contribution in [2.75, 3.05) is 20.2 Å². The molecule has 2 saturated carbocycles. The number of benzene rings is 1. The summed E-state index contributed by atoms with van der Waals surface area (Å²) in [5.74, 6) is 0.714. The number of hydrogen-bond donors (Lipinski definition) is 2. The molecule has 7 heteroatoms. The van der Waals surface area contributed by atoms with E-state index in [9.17, 15) is 10.1 Å². The maximum atomic E-state index is 12.2. The maximum absolute atomic E-state index is 12.2. The van der Waals surface area contributed by atoms with E-state index in [1.165, 1.54) is 12.8 Å². The van der Waals surface area contributed by atoms with Crippen molar-refractivity contribution < 1.29 is 19.1 Å². The van der Waals surface area contributed by atoms with Gasteiger partial charge in [-0.1, -0.05) is 6.07 Å². The maximum Gasteiger partial charge on any atom is 0.327 e. The van der Waals surface area contributed by atoms with Crippen LogP contribution >= 0.6 is 0 Å². The summed E-state index contributed by atoms with van der Waals surface area (Å²) in [6.45, 7) is 0.807. The standard InChI is InChI=1S/C22H31N3O4/c1-27-20-9-7-15(13-21(20)28-18-4-2-3-5-18)19-8-6-16(12-17(19)14-24)22(26)29-25-11-10-23/h7,9,13,16-19,25H,2-6,8,10-12,23H2,1H3. The lowest BCUT2D eigenvalue weighted by molar-refractivity contribution is -0.157. The van der Waals surface area contributed by atoms with Gasteiger partial charge in [-0.3, -0.25) is 4.79 Å². The minimum atomic E-state index is -0.308. The largest absolute Gasteiger partial charge is 0.493 e. The molecule has 0 heterocycles. The molecule has 3 N–H and O–H groups in total. The van der Waals surface area contributed by atoms with Crippen molar-refractivity contribution >= 4 is 5.97 Å². The van der Waals surface area contributed by atoms with Crippen LogP contribution in [0.2, 0.25) is 0 Å². The van der Waals surface area contributed by atoms with Crippen molar-refractivity contribution in [1.29, 1.82) is 5.26 Å². The quantitative estimate of drug-likeness (QED) is 0.509. The molecule has 0 radical (unpaired) electrons. The third-order valence-corrected chi connectivity index (χ3v) is 5.98. The van der Waals surface area contributed by atoms with Gasteiger partial charge in [0.1, 0.15) is 0 Å². The van der Waals surface area contributed by atoms with Gasteiger partial charge in [0.15, 0.2) is 11.5 Å². The van der Waals surface area contributed by atoms with Gasteiger partial charge < -0.3 is 20.0 Å². The number of ether oxygens (including phenoxy) is 2. The molecule has 7 nitrogen and oxygen atoms in total. The summed E-state index contributed by atoms with van der Waals surface area (Å²) in [5, 5.41) is 9.75. The average Bonchev–Trinajstić information content (AvgIpc) is 3.26. The van der Waals surface area contributed by atoms with Gasteiger partial charge in [0.2, 0.25) is 0 Å². The fourth-order valence-electron chi connectivity index (χ4n) is 4.39. The third-order valence-electron chi connectivity index (χ3n) is 5.98. The van der Waals surface area contributed by atoms with E-state index in [1.807, 2.05) is 18.2 Å². The highest BCUT2D eigenvalue weighted by molar-refractivity contribution is 5.72. The molecule has 0 aliphatic heterocycles. The Hall–Kier alpha value is -2.30. The highest BCUT2D eigenvalue weighted by Crippen LogP contribution is 2.43. The Kier molecular flexibility index (Phi) is 7.73. The Bertz CT molecular complexity index is 727. The van der Waals surface area contributed by atoms with Crippen LogP contribution in [-0.2, 0) is 9.63 Å². The van der Waals surface area contributed by atoms with Gasteiger partial charge in [-0.2, -0.15) is 10.7 Å². The van der Waals surface area contributed by atoms with Crippen LogP contribution in [0.25, 0.3) is 0 Å². The molecule has 3 atom stereocenters. The van der Waals surface area contributed by atoms with Crippen molar-refractivity contribution in [2.45, 2.75) is 57.0 Å². The molecule has 0 bridgehead atoms. The molecule has 1 aromatic carbocycles. The highest BCUT2D eigenvalue weighted by Gasteiger charge is 2.36. The number of carbonyl (C=O) groups is 1. The number of nitrogens with one attached hydrogen (secondary N) is 1. The SMILES string of the molecule is COc1ccc(C2CCC(C(=O)ONCCN)CC2C#N)cc1OC1CCCC1. The Balaban J connectivity index is 1.69. The van der Waals surface area contributed by atoms with E-state index in [0.717, 1.165) is 36.3 Å². The van der Waals surface area contributed by atoms with Crippen LogP contribution in [0.5, 0.6) is 11.5 Å². The van der Waals surface area contributed by atoms with Crippen molar-refractivity contribution in [1.82, 2.24) is 5.48 Å². The zero-order valence-electron chi connectivity index (χ0n) is 17.1. The first-order chi connectivity index (χ1) is 14.2. The van der Waals surface area contributed by atoms with Gasteiger partial charge in [-0.25, -0.2) is 0 Å². The van der Waals surface area contributed by atoms with Crippen LogP contribution in [-0.4, -0.2) is 32.3 Å². The molecule has 2 aliphatic carbocycles. The Morgan fingerprint density at radius 3 is 2.72 bits per heavy atom. The van der Waals surface area contributed by atoms with Crippen molar-refractivity contribution in [3.8, 4) is 17.6 Å². The lowest BCUT2D eigenvalue weighted by Crippen LogP contribution is -2.33. The summed E-state index contributed by atoms with van der Waals surface area (Å²) >= 11 is 0. The normalized spacial score (nSPS) is 24.7. The molecular formula is C22H31N3O4. The number of nitrogens with zero attached hydrogens (tertiary/aromatic N) is 1. The number of carbonyl (C=O) groups excluding carboxylic acids is 1. The molecule has 29 heavy (non-hydrogen) atoms. The van der Waals surface area contributed by atoms with Crippen LogP contribution in [0, 0.1) is 23.2 Å². The van der Waals surface area contributed by atoms with Gasteiger partial charge in [-0.05, 0) is 68.6 Å². The second-order valence-electron chi connectivity index (χ2n) is 7.89. The zero-order chi connectivity index (χ0) is 20.6. The molecule has 0 aromatic heterocycles. The van der Waals surface area contributed by atoms with E-state index in [-0.39, 0.29) is 29.8 Å². The van der Waals surface area contributed by atoms with E-state index in [4.69, 9.17) is 20.0 Å². The number of hydrogen-bond acceptors (Lipinski definition) is 7. The molecule has 3 rings (SSSR count). The first-order valence-corrected chi connectivity index (χ1v) is 10.5. The van der Waals surface area contributed by atoms with Crippen molar-refractivity contribution in [3.05, 3.63) is 23.8 Å². The third kappa shape index (κ3) is 5.40. The van der Waals surface area contributed by atoms with E-state index in [0.29, 0.717) is 25.9 Å². The van der Waals surface area contributed by atoms with Gasteiger partial charge >= 0.3 is 5.97 Å². The minimum Gasteiger partial charge on any atom is -0.493 e. The Morgan fingerprint density at radius 1 is 1.24 bits per heavy atom. The first kappa shape index (κ1) is 21.4. The van der Waals surface area contributed by atoms with Crippen LogP contribution in [0.4, 0.5) is 0 Å². The lowest BCUT2D eigenvalue weighted by atomic mass is 9.72. The number of nitrogens with two attached hydrogens (primary N) is 1. The molecule has 1 aromatic rings. The Morgan fingerprint density at radius 2 is 2.03 bits per heavy atom. The average molecular weight is 402 g/mol. The molecule has 2 aliphatic rings.